The quantitative estimate of drug-likeness (QED) is 0.0873. The van der Waals surface area contributed by atoms with Gasteiger partial charge in [-0.1, -0.05) is 66.2 Å². The second-order valence-corrected chi connectivity index (χ2v) is 12.1. The maximum Gasteiger partial charge on any atom is 0.271 e. The Morgan fingerprint density at radius 2 is 1.44 bits per heavy atom. The lowest BCUT2D eigenvalue weighted by molar-refractivity contribution is 0.0955. The third-order valence-electron chi connectivity index (χ3n) is 7.68. The van der Waals surface area contributed by atoms with Crippen LogP contribution in [-0.4, -0.2) is 31.3 Å². The molecule has 0 radical (unpaired) electrons. The van der Waals surface area contributed by atoms with Gasteiger partial charge in [-0.05, 0) is 78.2 Å². The summed E-state index contributed by atoms with van der Waals surface area (Å²) in [6.07, 6.45) is 1.55. The van der Waals surface area contributed by atoms with Crippen molar-refractivity contribution in [2.45, 2.75) is 20.1 Å². The molecular weight excluding hydrogens is 649 g/mol. The highest BCUT2D eigenvalue weighted by atomic mass is 32.1. The van der Waals surface area contributed by atoms with E-state index in [1.165, 1.54) is 16.9 Å². The molecule has 9 nitrogen and oxygen atoms in total. The first-order valence-electron chi connectivity index (χ1n) is 15.8. The van der Waals surface area contributed by atoms with Crippen LogP contribution in [0.15, 0.2) is 126 Å². The summed E-state index contributed by atoms with van der Waals surface area (Å²) in [4.78, 5) is 17.5. The van der Waals surface area contributed by atoms with Crippen molar-refractivity contribution in [1.29, 1.82) is 0 Å². The van der Waals surface area contributed by atoms with Crippen molar-refractivity contribution >= 4 is 34.3 Å². The number of thiazole rings is 1. The van der Waals surface area contributed by atoms with Crippen LogP contribution in [0.25, 0.3) is 11.3 Å². The lowest BCUT2D eigenvalue weighted by atomic mass is 10.1. The lowest BCUT2D eigenvalue weighted by Crippen LogP contribution is -2.17. The topological polar surface area (TPSA) is 103 Å². The highest BCUT2D eigenvalue weighted by Crippen LogP contribution is 2.32. The van der Waals surface area contributed by atoms with Crippen LogP contribution in [-0.2, 0) is 13.2 Å². The van der Waals surface area contributed by atoms with Gasteiger partial charge in [0.2, 0.25) is 0 Å². The standard InChI is InChI=1S/C40H36N4O5S/c1-27-9-17-33(18-10-27)42-40-43-34(26-50-40)31-13-15-32(16-14-31)39(45)44-41-23-29-11-19-35(37(21-29)46-2)49-25-30-12-20-36(38(22-30)47-3)48-24-28-7-5-4-6-8-28/h4-23,26H,24-25H2,1-3H3,(H,42,43)(H,44,45)/b41-23+. The van der Waals surface area contributed by atoms with Gasteiger partial charge in [0.15, 0.2) is 28.1 Å². The summed E-state index contributed by atoms with van der Waals surface area (Å²) in [7, 11) is 3.19. The third-order valence-corrected chi connectivity index (χ3v) is 8.43. The zero-order chi connectivity index (χ0) is 34.7. The Hall–Kier alpha value is -6.13. The molecule has 0 aliphatic carbocycles. The van der Waals surface area contributed by atoms with Crippen molar-refractivity contribution in [2.24, 2.45) is 5.10 Å². The molecule has 50 heavy (non-hydrogen) atoms. The number of aromatic nitrogens is 1. The number of methoxy groups -OCH3 is 2. The van der Waals surface area contributed by atoms with Crippen LogP contribution < -0.4 is 29.7 Å². The number of carbonyl (C=O) groups is 1. The number of rotatable bonds is 14. The predicted molar refractivity (Wildman–Crippen MR) is 198 cm³/mol. The molecule has 0 saturated carbocycles. The van der Waals surface area contributed by atoms with E-state index in [1.807, 2.05) is 84.2 Å². The number of carbonyl (C=O) groups excluding carboxylic acids is 1. The van der Waals surface area contributed by atoms with Crippen molar-refractivity contribution in [3.63, 3.8) is 0 Å². The van der Waals surface area contributed by atoms with Crippen LogP contribution in [0.2, 0.25) is 0 Å². The molecule has 6 aromatic rings. The van der Waals surface area contributed by atoms with E-state index in [1.54, 1.807) is 44.7 Å². The van der Waals surface area contributed by atoms with Gasteiger partial charge in [0.25, 0.3) is 5.91 Å². The summed E-state index contributed by atoms with van der Waals surface area (Å²) in [6, 6.07) is 36.5. The van der Waals surface area contributed by atoms with Crippen molar-refractivity contribution in [3.05, 3.63) is 148 Å². The molecule has 5 aromatic carbocycles. The number of benzene rings is 5. The van der Waals surface area contributed by atoms with Gasteiger partial charge in [-0.3, -0.25) is 4.79 Å². The largest absolute Gasteiger partial charge is 0.493 e. The van der Waals surface area contributed by atoms with Gasteiger partial charge in [0, 0.05) is 22.2 Å². The minimum Gasteiger partial charge on any atom is -0.493 e. The van der Waals surface area contributed by atoms with E-state index in [2.05, 4.69) is 39.9 Å². The molecule has 0 aliphatic rings. The number of hydrogen-bond donors (Lipinski definition) is 2. The minimum atomic E-state index is -0.327. The van der Waals surface area contributed by atoms with Crippen molar-refractivity contribution < 1.29 is 23.7 Å². The molecule has 1 amide bonds. The summed E-state index contributed by atoms with van der Waals surface area (Å²) < 4.78 is 23.2. The molecule has 0 spiro atoms. The van der Waals surface area contributed by atoms with Crippen molar-refractivity contribution in [2.75, 3.05) is 19.5 Å². The number of hydrogen-bond acceptors (Lipinski definition) is 9. The molecule has 0 bridgehead atoms. The monoisotopic (exact) mass is 684 g/mol. The normalized spacial score (nSPS) is 10.9. The Labute approximate surface area is 295 Å². The lowest BCUT2D eigenvalue weighted by Gasteiger charge is -2.14. The summed E-state index contributed by atoms with van der Waals surface area (Å²) in [5.74, 6) is 2.05. The van der Waals surface area contributed by atoms with E-state index in [9.17, 15) is 4.79 Å². The molecule has 1 aromatic heterocycles. The number of nitrogens with one attached hydrogen (secondary N) is 2. The molecule has 0 atom stereocenters. The summed E-state index contributed by atoms with van der Waals surface area (Å²) in [5.41, 5.74) is 9.70. The van der Waals surface area contributed by atoms with E-state index < -0.39 is 0 Å². The fraction of sp³-hybridized carbons (Fsp3) is 0.125. The molecular formula is C40H36N4O5S. The van der Waals surface area contributed by atoms with Crippen molar-refractivity contribution in [1.82, 2.24) is 10.4 Å². The van der Waals surface area contributed by atoms with Gasteiger partial charge in [-0.2, -0.15) is 5.10 Å². The average molecular weight is 685 g/mol. The predicted octanol–water partition coefficient (Wildman–Crippen LogP) is 8.80. The molecule has 252 valence electrons. The number of ether oxygens (including phenoxy) is 4. The molecule has 10 heteroatoms. The number of aryl methyl sites for hydroxylation is 1. The Balaban J connectivity index is 1.01. The van der Waals surface area contributed by atoms with Gasteiger partial charge in [0.05, 0.1) is 26.1 Å². The Bertz CT molecular complexity index is 2060. The maximum absolute atomic E-state index is 12.8. The van der Waals surface area contributed by atoms with E-state index in [4.69, 9.17) is 18.9 Å². The first kappa shape index (κ1) is 33.8. The first-order chi connectivity index (χ1) is 24.5. The van der Waals surface area contributed by atoms with Crippen LogP contribution >= 0.6 is 11.3 Å². The van der Waals surface area contributed by atoms with Crippen LogP contribution in [0.3, 0.4) is 0 Å². The molecule has 6 rings (SSSR count). The zero-order valence-electron chi connectivity index (χ0n) is 27.9. The SMILES string of the molecule is COc1cc(/C=N/NC(=O)c2ccc(-c3csc(Nc4ccc(C)cc4)n3)cc2)ccc1OCc1ccc(OCc2ccccc2)c(OC)c1. The van der Waals surface area contributed by atoms with Crippen LogP contribution in [0.4, 0.5) is 10.8 Å². The highest BCUT2D eigenvalue weighted by Gasteiger charge is 2.11. The van der Waals surface area contributed by atoms with Crippen LogP contribution in [0.5, 0.6) is 23.0 Å². The second kappa shape index (κ2) is 16.3. The number of nitrogens with zero attached hydrogens (tertiary/aromatic N) is 2. The second-order valence-electron chi connectivity index (χ2n) is 11.3. The van der Waals surface area contributed by atoms with E-state index in [-0.39, 0.29) is 5.91 Å². The summed E-state index contributed by atoms with van der Waals surface area (Å²) >= 11 is 1.52. The van der Waals surface area contributed by atoms with E-state index >= 15 is 0 Å². The number of anilines is 2. The molecule has 0 unspecified atom stereocenters. The fourth-order valence-corrected chi connectivity index (χ4v) is 5.69. The maximum atomic E-state index is 12.8. The van der Waals surface area contributed by atoms with Gasteiger partial charge < -0.3 is 24.3 Å². The number of amides is 1. The number of hydrazone groups is 1. The molecule has 2 N–H and O–H groups in total. The Kier molecular flexibility index (Phi) is 11.0. The van der Waals surface area contributed by atoms with Gasteiger partial charge in [0.1, 0.15) is 13.2 Å². The van der Waals surface area contributed by atoms with Crippen molar-refractivity contribution in [3.8, 4) is 34.3 Å². The molecule has 0 aliphatic heterocycles. The third kappa shape index (κ3) is 8.86. The molecule has 0 fully saturated rings. The minimum absolute atomic E-state index is 0.294. The van der Waals surface area contributed by atoms with E-state index in [0.717, 1.165) is 38.8 Å². The van der Waals surface area contributed by atoms with Crippen LogP contribution in [0.1, 0.15) is 32.6 Å². The fourth-order valence-electron chi connectivity index (χ4n) is 4.95. The van der Waals surface area contributed by atoms with Gasteiger partial charge in [-0.25, -0.2) is 10.4 Å². The Morgan fingerprint density at radius 3 is 2.16 bits per heavy atom. The zero-order valence-corrected chi connectivity index (χ0v) is 28.7. The summed E-state index contributed by atoms with van der Waals surface area (Å²) in [6.45, 7) is 2.79. The Morgan fingerprint density at radius 1 is 0.760 bits per heavy atom. The molecule has 1 heterocycles. The summed E-state index contributed by atoms with van der Waals surface area (Å²) in [5, 5.41) is 10.3. The molecule has 0 saturated heterocycles. The van der Waals surface area contributed by atoms with E-state index in [0.29, 0.717) is 41.8 Å². The van der Waals surface area contributed by atoms with Gasteiger partial charge in [-0.15, -0.1) is 11.3 Å². The van der Waals surface area contributed by atoms with Crippen LogP contribution in [0, 0.1) is 6.92 Å². The smallest absolute Gasteiger partial charge is 0.271 e. The first-order valence-corrected chi connectivity index (χ1v) is 16.7. The average Bonchev–Trinajstić information content (AvgIpc) is 3.63. The van der Waals surface area contributed by atoms with Gasteiger partial charge >= 0.3 is 0 Å². The highest BCUT2D eigenvalue weighted by molar-refractivity contribution is 7.14.